The number of alkyl halides is 3. The quantitative estimate of drug-likeness (QED) is 0.725. The van der Waals surface area contributed by atoms with Crippen LogP contribution in [0.4, 0.5) is 13.2 Å². The molecule has 7 heteroatoms. The third-order valence-corrected chi connectivity index (χ3v) is 4.24. The molecule has 24 heavy (non-hydrogen) atoms. The minimum atomic E-state index is -4.39. The molecule has 0 radical (unpaired) electrons. The van der Waals surface area contributed by atoms with Gasteiger partial charge in [-0.15, -0.1) is 0 Å². The Morgan fingerprint density at radius 1 is 0.917 bits per heavy atom. The third kappa shape index (κ3) is 3.26. The van der Waals surface area contributed by atoms with Crippen LogP contribution in [0.1, 0.15) is 11.3 Å². The predicted octanol–water partition coefficient (Wildman–Crippen LogP) is 4.03. The van der Waals surface area contributed by atoms with E-state index in [2.05, 4.69) is 4.98 Å². The van der Waals surface area contributed by atoms with Gasteiger partial charge in [0.1, 0.15) is 10.7 Å². The minimum absolute atomic E-state index is 0.177. The summed E-state index contributed by atoms with van der Waals surface area (Å²) in [6.45, 7) is 0. The van der Waals surface area contributed by atoms with Crippen LogP contribution in [0.2, 0.25) is 0 Å². The zero-order valence-corrected chi connectivity index (χ0v) is 13.1. The number of aromatic nitrogens is 1. The Hall–Kier alpha value is -2.41. The first-order valence-electron chi connectivity index (χ1n) is 7.02. The fourth-order valence-electron chi connectivity index (χ4n) is 2.57. The highest BCUT2D eigenvalue weighted by Gasteiger charge is 2.30. The average Bonchev–Trinajstić information content (AvgIpc) is 2.54. The molecule has 1 aromatic heterocycles. The smallest absolute Gasteiger partial charge is 0.259 e. The highest BCUT2D eigenvalue weighted by atomic mass is 32.2. The lowest BCUT2D eigenvalue weighted by Crippen LogP contribution is -2.04. The van der Waals surface area contributed by atoms with Crippen molar-refractivity contribution in [3.8, 4) is 11.1 Å². The molecule has 0 saturated carbocycles. The second kappa shape index (κ2) is 6.24. The minimum Gasteiger partial charge on any atom is -0.259 e. The van der Waals surface area contributed by atoms with E-state index in [4.69, 9.17) is 0 Å². The van der Waals surface area contributed by atoms with E-state index in [0.29, 0.717) is 22.2 Å². The van der Waals surface area contributed by atoms with Gasteiger partial charge in [0.2, 0.25) is 0 Å². The zero-order valence-electron chi connectivity index (χ0n) is 12.2. The van der Waals surface area contributed by atoms with Gasteiger partial charge >= 0.3 is 6.18 Å². The molecule has 3 nitrogen and oxygen atoms in total. The summed E-state index contributed by atoms with van der Waals surface area (Å²) in [5, 5.41) is 1.42. The molecule has 0 aliphatic heterocycles. The molecule has 3 aromatic rings. The monoisotopic (exact) mass is 351 g/mol. The third-order valence-electron chi connectivity index (χ3n) is 3.68. The molecule has 124 valence electrons. The lowest BCUT2D eigenvalue weighted by molar-refractivity contribution is -0.137. The van der Waals surface area contributed by atoms with Crippen molar-refractivity contribution in [1.82, 2.24) is 4.98 Å². The Labute approximate surface area is 137 Å². The van der Waals surface area contributed by atoms with Crippen molar-refractivity contribution in [3.05, 3.63) is 66.0 Å². The second-order valence-electron chi connectivity index (χ2n) is 5.23. The molecule has 0 saturated heterocycles. The molecule has 1 heterocycles. The molecule has 3 rings (SSSR count). The van der Waals surface area contributed by atoms with E-state index in [0.717, 1.165) is 17.5 Å². The molecule has 0 N–H and O–H groups in total. The number of rotatable bonds is 3. The molecular formula is C17H12F3NO2S. The molecular weight excluding hydrogens is 339 g/mol. The maximum atomic E-state index is 12.7. The van der Waals surface area contributed by atoms with Crippen molar-refractivity contribution < 1.29 is 21.6 Å². The number of halogens is 3. The molecule has 0 atom stereocenters. The van der Waals surface area contributed by atoms with E-state index < -0.39 is 22.4 Å². The first-order chi connectivity index (χ1) is 11.4. The summed E-state index contributed by atoms with van der Waals surface area (Å²) in [5.74, 6) is -0.177. The molecule has 2 aromatic carbocycles. The van der Waals surface area contributed by atoms with Crippen LogP contribution in [0, 0.1) is 0 Å². The van der Waals surface area contributed by atoms with E-state index >= 15 is 0 Å². The fourth-order valence-corrected chi connectivity index (χ4v) is 3.06. The number of hydrogen-bond donors (Lipinski definition) is 1. The predicted molar refractivity (Wildman–Crippen MR) is 86.2 cm³/mol. The Kier molecular flexibility index (Phi) is 4.28. The summed E-state index contributed by atoms with van der Waals surface area (Å²) in [6, 6.07) is 11.9. The molecule has 0 unspecified atom stereocenters. The van der Waals surface area contributed by atoms with Crippen LogP contribution in [0.5, 0.6) is 0 Å². The van der Waals surface area contributed by atoms with Crippen LogP contribution in [0.3, 0.4) is 0 Å². The Morgan fingerprint density at radius 3 is 2.12 bits per heavy atom. The number of benzene rings is 2. The maximum Gasteiger partial charge on any atom is 0.416 e. The van der Waals surface area contributed by atoms with Crippen molar-refractivity contribution >= 4 is 21.5 Å². The summed E-state index contributed by atoms with van der Waals surface area (Å²) in [6.07, 6.45) is -2.89. The summed E-state index contributed by atoms with van der Waals surface area (Å²) in [7, 11) is -2.62. The Bertz CT molecular complexity index is 956. The van der Waals surface area contributed by atoms with Gasteiger partial charge in [0.15, 0.2) is 0 Å². The first kappa shape index (κ1) is 16.4. The van der Waals surface area contributed by atoms with E-state index in [9.17, 15) is 21.6 Å². The highest BCUT2D eigenvalue weighted by Crippen LogP contribution is 2.33. The van der Waals surface area contributed by atoms with Gasteiger partial charge in [0.05, 0.1) is 17.0 Å². The van der Waals surface area contributed by atoms with E-state index in [1.807, 2.05) is 0 Å². The molecule has 0 bridgehead atoms. The number of hydrogen-bond acceptors (Lipinski definition) is 3. The normalized spacial score (nSPS) is 12.0. The first-order valence-corrected chi connectivity index (χ1v) is 8.38. The van der Waals surface area contributed by atoms with E-state index in [1.165, 1.54) is 18.3 Å². The van der Waals surface area contributed by atoms with Crippen LogP contribution in [-0.4, -0.2) is 13.4 Å². The Balaban J connectivity index is 2.14. The lowest BCUT2D eigenvalue weighted by Gasteiger charge is -2.11. The van der Waals surface area contributed by atoms with E-state index in [-0.39, 0.29) is 5.75 Å². The fraction of sp³-hybridized carbons (Fsp3) is 0.118. The standard InChI is InChI=1S/C17H12F3NO2S/c18-17(19,20)12-7-5-11(6-8-12)15-9-21-16(10-24(22)23)14-4-2-1-3-13(14)15/h1-9,24H,10H2. The van der Waals surface area contributed by atoms with Gasteiger partial charge in [0.25, 0.3) is 0 Å². The summed E-state index contributed by atoms with van der Waals surface area (Å²) >= 11 is 0. The van der Waals surface area contributed by atoms with Crippen molar-refractivity contribution in [2.24, 2.45) is 0 Å². The van der Waals surface area contributed by atoms with Gasteiger partial charge in [-0.05, 0) is 23.1 Å². The SMILES string of the molecule is O=[SH](=O)Cc1ncc(-c2ccc(C(F)(F)F)cc2)c2ccccc12. The molecule has 0 fully saturated rings. The number of pyridine rings is 1. The molecule has 0 spiro atoms. The summed E-state index contributed by atoms with van der Waals surface area (Å²) in [4.78, 5) is 4.19. The van der Waals surface area contributed by atoms with Gasteiger partial charge < -0.3 is 0 Å². The van der Waals surface area contributed by atoms with Crippen LogP contribution in [0.25, 0.3) is 21.9 Å². The number of nitrogens with zero attached hydrogens (tertiary/aromatic N) is 1. The van der Waals surface area contributed by atoms with E-state index in [1.54, 1.807) is 24.3 Å². The van der Waals surface area contributed by atoms with Gasteiger partial charge in [-0.1, -0.05) is 36.4 Å². The topological polar surface area (TPSA) is 47.0 Å². The van der Waals surface area contributed by atoms with Crippen molar-refractivity contribution in [3.63, 3.8) is 0 Å². The van der Waals surface area contributed by atoms with Crippen LogP contribution >= 0.6 is 0 Å². The van der Waals surface area contributed by atoms with Crippen LogP contribution < -0.4 is 0 Å². The second-order valence-corrected chi connectivity index (χ2v) is 6.21. The van der Waals surface area contributed by atoms with Crippen LogP contribution in [0.15, 0.2) is 54.7 Å². The van der Waals surface area contributed by atoms with Crippen molar-refractivity contribution in [2.75, 3.05) is 0 Å². The number of fused-ring (bicyclic) bond motifs is 1. The van der Waals surface area contributed by atoms with Gasteiger partial charge in [0, 0.05) is 17.1 Å². The zero-order chi connectivity index (χ0) is 17.3. The highest BCUT2D eigenvalue weighted by molar-refractivity contribution is 7.71. The number of thiol groups is 1. The molecule has 0 aliphatic carbocycles. The van der Waals surface area contributed by atoms with Crippen molar-refractivity contribution in [2.45, 2.75) is 11.9 Å². The lowest BCUT2D eigenvalue weighted by atomic mass is 9.98. The molecule has 0 aliphatic rings. The summed E-state index contributed by atoms with van der Waals surface area (Å²) in [5.41, 5.74) is 0.954. The van der Waals surface area contributed by atoms with Gasteiger partial charge in [-0.25, -0.2) is 8.42 Å². The average molecular weight is 351 g/mol. The van der Waals surface area contributed by atoms with Crippen LogP contribution in [-0.2, 0) is 22.6 Å². The van der Waals surface area contributed by atoms with Crippen molar-refractivity contribution in [1.29, 1.82) is 0 Å². The van der Waals surface area contributed by atoms with Gasteiger partial charge in [-0.2, -0.15) is 13.2 Å². The van der Waals surface area contributed by atoms with Gasteiger partial charge in [-0.3, -0.25) is 4.98 Å². The summed E-state index contributed by atoms with van der Waals surface area (Å²) < 4.78 is 60.0. The maximum absolute atomic E-state index is 12.7. The Morgan fingerprint density at radius 2 is 1.54 bits per heavy atom. The largest absolute Gasteiger partial charge is 0.416 e. The molecule has 0 amide bonds.